The molecule has 17 heavy (non-hydrogen) atoms. The Labute approximate surface area is 100 Å². The number of hydrogen-bond acceptors (Lipinski definition) is 6. The summed E-state index contributed by atoms with van der Waals surface area (Å²) in [4.78, 5) is 11.0. The van der Waals surface area contributed by atoms with Crippen molar-refractivity contribution in [3.05, 3.63) is 30.1 Å². The van der Waals surface area contributed by atoms with Crippen LogP contribution in [-0.2, 0) is 11.3 Å². The number of methoxy groups -OCH3 is 1. The molecule has 0 spiro atoms. The summed E-state index contributed by atoms with van der Waals surface area (Å²) < 4.78 is 40.5. The van der Waals surface area contributed by atoms with Crippen LogP contribution < -0.4 is 23.2 Å². The zero-order valence-corrected chi connectivity index (χ0v) is 10.0. The van der Waals surface area contributed by atoms with Gasteiger partial charge in [0.15, 0.2) is 12.4 Å². The Bertz CT molecular complexity index is 341. The Hall–Kier alpha value is -1.25. The van der Waals surface area contributed by atoms with Crippen molar-refractivity contribution < 1.29 is 43.0 Å². The van der Waals surface area contributed by atoms with Gasteiger partial charge in [0.1, 0.15) is 6.54 Å². The van der Waals surface area contributed by atoms with E-state index in [9.17, 15) is 4.79 Å². The molecule has 0 fully saturated rings. The van der Waals surface area contributed by atoms with E-state index < -0.39 is 10.2 Å². The highest BCUT2D eigenvalue weighted by atomic mass is 35.7. The number of carbonyl (C=O) groups excluding carboxylic acids is 1. The molecule has 0 aromatic carbocycles. The zero-order valence-electron chi connectivity index (χ0n) is 9.29. The number of halogens is 1. The highest BCUT2D eigenvalue weighted by Crippen LogP contribution is 1.96. The molecule has 1 heterocycles. The number of nitrogens with zero attached hydrogens (tertiary/aromatic N) is 1. The van der Waals surface area contributed by atoms with E-state index >= 15 is 0 Å². The van der Waals surface area contributed by atoms with E-state index in [0.29, 0.717) is 5.56 Å². The van der Waals surface area contributed by atoms with Crippen LogP contribution in [0.5, 0.6) is 0 Å². The van der Waals surface area contributed by atoms with Gasteiger partial charge in [-0.1, -0.05) is 0 Å². The first-order valence-electron chi connectivity index (χ1n) is 4.47. The average Bonchev–Trinajstić information content (AvgIpc) is 2.26. The van der Waals surface area contributed by atoms with Gasteiger partial charge in [-0.2, -0.15) is 0 Å². The summed E-state index contributed by atoms with van der Waals surface area (Å²) in [6.07, 6.45) is 3.71. The second kappa shape index (κ2) is 7.15. The van der Waals surface area contributed by atoms with Crippen molar-refractivity contribution >= 4 is 5.97 Å². The number of aromatic nitrogens is 1. The van der Waals surface area contributed by atoms with E-state index in [1.807, 2.05) is 23.9 Å². The molecule has 0 aliphatic heterocycles. The molecular formula is C9H12ClNO6. The molecule has 0 bridgehead atoms. The lowest BCUT2D eigenvalue weighted by molar-refractivity contribution is -2.00. The first kappa shape index (κ1) is 15.8. The van der Waals surface area contributed by atoms with Crippen LogP contribution in [0.2, 0.25) is 0 Å². The van der Waals surface area contributed by atoms with Crippen molar-refractivity contribution in [3.63, 3.8) is 0 Å². The molecule has 96 valence electrons. The van der Waals surface area contributed by atoms with E-state index in [2.05, 4.69) is 4.74 Å². The van der Waals surface area contributed by atoms with E-state index in [0.717, 1.165) is 6.54 Å². The van der Waals surface area contributed by atoms with Crippen molar-refractivity contribution in [2.75, 3.05) is 7.11 Å². The highest BCUT2D eigenvalue weighted by molar-refractivity contribution is 5.88. The fourth-order valence-electron chi connectivity index (χ4n) is 0.922. The minimum absolute atomic E-state index is 0.293. The van der Waals surface area contributed by atoms with Crippen molar-refractivity contribution in [2.24, 2.45) is 0 Å². The van der Waals surface area contributed by atoms with E-state index in [1.165, 1.54) is 7.11 Å². The Kier molecular flexibility index (Phi) is 6.62. The molecule has 1 aromatic heterocycles. The van der Waals surface area contributed by atoms with Crippen LogP contribution in [-0.4, -0.2) is 13.1 Å². The second-order valence-electron chi connectivity index (χ2n) is 2.79. The predicted molar refractivity (Wildman–Crippen MR) is 43.7 cm³/mol. The Morgan fingerprint density at radius 2 is 1.71 bits per heavy atom. The maximum Gasteiger partial charge on any atom is 0.338 e. The summed E-state index contributed by atoms with van der Waals surface area (Å²) in [5.41, 5.74) is 0.585. The molecule has 0 amide bonds. The summed E-state index contributed by atoms with van der Waals surface area (Å²) in [6.45, 7) is 2.94. The number of carbonyl (C=O) groups is 1. The standard InChI is InChI=1S/C9H12NO2.ClHO4/c1-3-10-6-4-8(5-7-10)9(11)12-2;2-1(3,4)5/h4-7H,3H2,1-2H3;(H,2,3,4,5)/q+1;/p-1. The van der Waals surface area contributed by atoms with Crippen LogP contribution in [0, 0.1) is 10.2 Å². The molecule has 0 saturated carbocycles. The van der Waals surface area contributed by atoms with Gasteiger partial charge in [0, 0.05) is 12.1 Å². The number of esters is 1. The molecule has 0 atom stereocenters. The number of rotatable bonds is 2. The van der Waals surface area contributed by atoms with E-state index in [4.69, 9.17) is 18.6 Å². The molecule has 1 aromatic rings. The number of pyridine rings is 1. The molecule has 0 aliphatic rings. The minimum Gasteiger partial charge on any atom is -0.465 e. The summed E-state index contributed by atoms with van der Waals surface area (Å²) in [5, 5.41) is 0. The normalized spacial score (nSPS) is 10.2. The minimum atomic E-state index is -4.94. The van der Waals surface area contributed by atoms with Gasteiger partial charge in [0.2, 0.25) is 0 Å². The summed E-state index contributed by atoms with van der Waals surface area (Å²) in [7, 11) is -3.57. The molecule has 7 nitrogen and oxygen atoms in total. The third-order valence-corrected chi connectivity index (χ3v) is 1.68. The van der Waals surface area contributed by atoms with Gasteiger partial charge in [-0.3, -0.25) is 0 Å². The third-order valence-electron chi connectivity index (χ3n) is 1.68. The molecule has 0 N–H and O–H groups in total. The van der Waals surface area contributed by atoms with E-state index in [1.54, 1.807) is 12.1 Å². The lowest BCUT2D eigenvalue weighted by Gasteiger charge is -2.17. The molecule has 0 saturated heterocycles. The Morgan fingerprint density at radius 1 is 1.29 bits per heavy atom. The van der Waals surface area contributed by atoms with Crippen LogP contribution in [0.25, 0.3) is 0 Å². The first-order valence-corrected chi connectivity index (χ1v) is 5.70. The molecule has 1 rings (SSSR count). The van der Waals surface area contributed by atoms with Gasteiger partial charge in [-0.25, -0.2) is 28.0 Å². The lowest BCUT2D eigenvalue weighted by Crippen LogP contribution is -2.68. The molecule has 0 radical (unpaired) electrons. The quantitative estimate of drug-likeness (QED) is 0.397. The monoisotopic (exact) mass is 265 g/mol. The zero-order chi connectivity index (χ0) is 13.5. The maximum absolute atomic E-state index is 11.0. The van der Waals surface area contributed by atoms with Crippen LogP contribution in [0.15, 0.2) is 24.5 Å². The van der Waals surface area contributed by atoms with Gasteiger partial charge in [-0.15, -0.1) is 10.2 Å². The number of aryl methyl sites for hydroxylation is 1. The van der Waals surface area contributed by atoms with Gasteiger partial charge in [0.25, 0.3) is 0 Å². The largest absolute Gasteiger partial charge is 0.465 e. The Morgan fingerprint density at radius 3 is 2.00 bits per heavy atom. The van der Waals surface area contributed by atoms with Crippen molar-refractivity contribution in [1.82, 2.24) is 0 Å². The lowest BCUT2D eigenvalue weighted by atomic mass is 10.3. The molecule has 0 aliphatic carbocycles. The van der Waals surface area contributed by atoms with Crippen LogP contribution in [0.1, 0.15) is 17.3 Å². The smallest absolute Gasteiger partial charge is 0.338 e. The molecule has 8 heteroatoms. The topological polar surface area (TPSA) is 122 Å². The highest BCUT2D eigenvalue weighted by Gasteiger charge is 2.05. The SMILES string of the molecule is CC[n+]1ccc(C(=O)OC)cc1.[O-][Cl+3]([O-])([O-])[O-]. The number of ether oxygens (including phenoxy) is 1. The summed E-state index contributed by atoms with van der Waals surface area (Å²) >= 11 is 0. The summed E-state index contributed by atoms with van der Waals surface area (Å²) in [6, 6.07) is 3.49. The third kappa shape index (κ3) is 8.55. The van der Waals surface area contributed by atoms with Gasteiger partial charge in [0.05, 0.1) is 12.7 Å². The van der Waals surface area contributed by atoms with Crippen molar-refractivity contribution in [2.45, 2.75) is 13.5 Å². The number of hydrogen-bond donors (Lipinski definition) is 0. The van der Waals surface area contributed by atoms with Crippen molar-refractivity contribution in [3.8, 4) is 0 Å². The first-order chi connectivity index (χ1) is 7.77. The average molecular weight is 266 g/mol. The van der Waals surface area contributed by atoms with Crippen LogP contribution in [0.3, 0.4) is 0 Å². The van der Waals surface area contributed by atoms with Crippen molar-refractivity contribution in [1.29, 1.82) is 0 Å². The second-order valence-corrected chi connectivity index (χ2v) is 3.54. The van der Waals surface area contributed by atoms with Crippen LogP contribution >= 0.6 is 0 Å². The predicted octanol–water partition coefficient (Wildman–Crippen LogP) is -3.98. The van der Waals surface area contributed by atoms with Crippen LogP contribution in [0.4, 0.5) is 0 Å². The molecular weight excluding hydrogens is 254 g/mol. The molecule has 0 unspecified atom stereocenters. The fourth-order valence-corrected chi connectivity index (χ4v) is 0.922. The Balaban J connectivity index is 0.000000437. The summed E-state index contributed by atoms with van der Waals surface area (Å²) in [5.74, 6) is -0.293. The van der Waals surface area contributed by atoms with E-state index in [-0.39, 0.29) is 5.97 Å². The van der Waals surface area contributed by atoms with Gasteiger partial charge in [-0.05, 0) is 6.92 Å². The van der Waals surface area contributed by atoms with Gasteiger partial charge < -0.3 is 4.74 Å². The maximum atomic E-state index is 11.0. The fraction of sp³-hybridized carbons (Fsp3) is 0.333. The van der Waals surface area contributed by atoms with Gasteiger partial charge >= 0.3 is 5.97 Å².